The van der Waals surface area contributed by atoms with Gasteiger partial charge in [0.1, 0.15) is 4.88 Å². The Hall–Kier alpha value is -2.48. The molecule has 1 unspecified atom stereocenters. The number of aryl methyl sites for hydroxylation is 1. The highest BCUT2D eigenvalue weighted by atomic mass is 32.1. The number of rotatable bonds is 6. The molecule has 3 heterocycles. The van der Waals surface area contributed by atoms with Crippen molar-refractivity contribution in [3.8, 4) is 0 Å². The molecule has 0 radical (unpaired) electrons. The number of hydrogen-bond acceptors (Lipinski definition) is 6. The monoisotopic (exact) mass is 344 g/mol. The molecule has 0 saturated heterocycles. The van der Waals surface area contributed by atoms with Crippen LogP contribution in [0.1, 0.15) is 47.4 Å². The number of aromatic nitrogens is 4. The Labute approximate surface area is 144 Å². The molecule has 3 rings (SSSR count). The average molecular weight is 344 g/mol. The van der Waals surface area contributed by atoms with Crippen molar-refractivity contribution in [3.63, 3.8) is 0 Å². The van der Waals surface area contributed by atoms with Gasteiger partial charge in [0.05, 0.1) is 17.4 Å². The molecule has 0 aromatic carbocycles. The zero-order chi connectivity index (χ0) is 17.1. The molecule has 8 heteroatoms. The summed E-state index contributed by atoms with van der Waals surface area (Å²) in [6, 6.07) is 1.68. The topological polar surface area (TPSA) is 84.2 Å². The van der Waals surface area contributed by atoms with Crippen molar-refractivity contribution in [3.05, 3.63) is 40.9 Å². The quantitative estimate of drug-likeness (QED) is 0.718. The van der Waals surface area contributed by atoms with Crippen LogP contribution in [-0.2, 0) is 0 Å². The van der Waals surface area contributed by atoms with Gasteiger partial charge in [0.15, 0.2) is 5.13 Å². The number of amides is 1. The van der Waals surface area contributed by atoms with E-state index in [4.69, 9.17) is 0 Å². The minimum absolute atomic E-state index is 0.119. The van der Waals surface area contributed by atoms with Gasteiger partial charge in [-0.2, -0.15) is 0 Å². The van der Waals surface area contributed by atoms with Gasteiger partial charge in [0.2, 0.25) is 5.78 Å². The molecule has 0 saturated carbocycles. The van der Waals surface area contributed by atoms with Crippen LogP contribution >= 0.6 is 11.3 Å². The molecule has 126 valence electrons. The lowest BCUT2D eigenvalue weighted by Gasteiger charge is -2.14. The third-order valence-electron chi connectivity index (χ3n) is 3.66. The number of nitrogens with one attached hydrogen (secondary N) is 2. The average Bonchev–Trinajstić information content (AvgIpc) is 3.16. The Balaban J connectivity index is 1.80. The van der Waals surface area contributed by atoms with Gasteiger partial charge in [0, 0.05) is 25.1 Å². The predicted molar refractivity (Wildman–Crippen MR) is 94.5 cm³/mol. The summed E-state index contributed by atoms with van der Waals surface area (Å²) >= 11 is 1.37. The fraction of sp³-hybridized carbons (Fsp3) is 0.375. The summed E-state index contributed by atoms with van der Waals surface area (Å²) in [5, 5.41) is 6.97. The number of hydrogen-bond donors (Lipinski definition) is 2. The van der Waals surface area contributed by atoms with Crippen LogP contribution in [0.2, 0.25) is 0 Å². The standard InChI is InChI=1S/C16H20N6OS/c1-4-11(12-9-22-8-6-7-18-15(22)21-12)20-14(23)13-10(3)19-16(24-13)17-5-2/h6-9,11H,4-5H2,1-3H3,(H,17,19)(H,20,23). The number of imidazole rings is 1. The molecule has 2 N–H and O–H groups in total. The van der Waals surface area contributed by atoms with Crippen LogP contribution in [0.15, 0.2) is 24.7 Å². The minimum Gasteiger partial charge on any atom is -0.362 e. The molecule has 0 bridgehead atoms. The molecule has 3 aromatic heterocycles. The molecule has 24 heavy (non-hydrogen) atoms. The van der Waals surface area contributed by atoms with Gasteiger partial charge in [-0.25, -0.2) is 15.0 Å². The molecular formula is C16H20N6OS. The summed E-state index contributed by atoms with van der Waals surface area (Å²) in [4.78, 5) is 26.3. The highest BCUT2D eigenvalue weighted by Crippen LogP contribution is 2.24. The molecular weight excluding hydrogens is 324 g/mol. The molecule has 0 fully saturated rings. The first kappa shape index (κ1) is 16.4. The molecule has 1 atom stereocenters. The van der Waals surface area contributed by atoms with E-state index in [2.05, 4.69) is 25.6 Å². The largest absolute Gasteiger partial charge is 0.362 e. The van der Waals surface area contributed by atoms with Crippen molar-refractivity contribution in [1.82, 2.24) is 24.7 Å². The van der Waals surface area contributed by atoms with E-state index in [1.54, 1.807) is 6.20 Å². The third kappa shape index (κ3) is 3.23. The van der Waals surface area contributed by atoms with Crippen LogP contribution in [0.3, 0.4) is 0 Å². The van der Waals surface area contributed by atoms with Crippen LogP contribution in [0.25, 0.3) is 5.78 Å². The van der Waals surface area contributed by atoms with E-state index < -0.39 is 0 Å². The van der Waals surface area contributed by atoms with E-state index in [1.807, 2.05) is 43.6 Å². The molecule has 0 aliphatic rings. The van der Waals surface area contributed by atoms with E-state index in [9.17, 15) is 4.79 Å². The molecule has 1 amide bonds. The maximum atomic E-state index is 12.6. The van der Waals surface area contributed by atoms with E-state index in [1.165, 1.54) is 11.3 Å². The second-order valence-corrected chi connectivity index (χ2v) is 6.39. The van der Waals surface area contributed by atoms with Gasteiger partial charge in [-0.1, -0.05) is 18.3 Å². The maximum Gasteiger partial charge on any atom is 0.263 e. The van der Waals surface area contributed by atoms with Crippen molar-refractivity contribution in [2.45, 2.75) is 33.2 Å². The maximum absolute atomic E-state index is 12.6. The van der Waals surface area contributed by atoms with Crippen molar-refractivity contribution in [2.24, 2.45) is 0 Å². The third-order valence-corrected chi connectivity index (χ3v) is 4.77. The smallest absolute Gasteiger partial charge is 0.263 e. The summed E-state index contributed by atoms with van der Waals surface area (Å²) in [5.74, 6) is 0.509. The summed E-state index contributed by atoms with van der Waals surface area (Å²) in [5.41, 5.74) is 1.54. The van der Waals surface area contributed by atoms with Crippen molar-refractivity contribution in [1.29, 1.82) is 0 Å². The molecule has 7 nitrogen and oxygen atoms in total. The number of carbonyl (C=O) groups is 1. The lowest BCUT2D eigenvalue weighted by atomic mass is 10.1. The number of fused-ring (bicyclic) bond motifs is 1. The van der Waals surface area contributed by atoms with Crippen LogP contribution in [0.4, 0.5) is 5.13 Å². The summed E-state index contributed by atoms with van der Waals surface area (Å²) in [6.07, 6.45) is 6.24. The lowest BCUT2D eigenvalue weighted by Crippen LogP contribution is -2.28. The Bertz CT molecular complexity index is 822. The van der Waals surface area contributed by atoms with Crippen molar-refractivity contribution < 1.29 is 4.79 Å². The number of anilines is 1. The Morgan fingerprint density at radius 2 is 2.21 bits per heavy atom. The van der Waals surface area contributed by atoms with Gasteiger partial charge >= 0.3 is 0 Å². The Morgan fingerprint density at radius 1 is 1.38 bits per heavy atom. The predicted octanol–water partition coefficient (Wildman–Crippen LogP) is 2.81. The zero-order valence-electron chi connectivity index (χ0n) is 13.9. The first-order chi connectivity index (χ1) is 11.6. The number of nitrogens with zero attached hydrogens (tertiary/aromatic N) is 4. The van der Waals surface area contributed by atoms with Crippen molar-refractivity contribution >= 4 is 28.2 Å². The fourth-order valence-corrected chi connectivity index (χ4v) is 3.40. The molecule has 0 aliphatic carbocycles. The molecule has 3 aromatic rings. The normalized spacial score (nSPS) is 12.3. The highest BCUT2D eigenvalue weighted by molar-refractivity contribution is 7.17. The van der Waals surface area contributed by atoms with Gasteiger partial charge in [-0.3, -0.25) is 9.20 Å². The lowest BCUT2D eigenvalue weighted by molar-refractivity contribution is 0.0938. The second-order valence-electron chi connectivity index (χ2n) is 5.39. The van der Waals surface area contributed by atoms with Gasteiger partial charge < -0.3 is 10.6 Å². The SMILES string of the molecule is CCNc1nc(C)c(C(=O)NC(CC)c2cn3cccnc3n2)s1. The van der Waals surface area contributed by atoms with E-state index in [-0.39, 0.29) is 11.9 Å². The van der Waals surface area contributed by atoms with Crippen molar-refractivity contribution in [2.75, 3.05) is 11.9 Å². The number of carbonyl (C=O) groups excluding carboxylic acids is 1. The summed E-state index contributed by atoms with van der Waals surface area (Å²) in [6.45, 7) is 6.65. The fourth-order valence-electron chi connectivity index (χ4n) is 2.46. The van der Waals surface area contributed by atoms with E-state index in [0.29, 0.717) is 10.7 Å². The molecule has 0 aliphatic heterocycles. The summed E-state index contributed by atoms with van der Waals surface area (Å²) in [7, 11) is 0. The first-order valence-corrected chi connectivity index (χ1v) is 8.75. The van der Waals surface area contributed by atoms with Crippen LogP contribution in [-0.4, -0.2) is 31.8 Å². The highest BCUT2D eigenvalue weighted by Gasteiger charge is 2.21. The van der Waals surface area contributed by atoms with Gasteiger partial charge in [-0.05, 0) is 26.3 Å². The Kier molecular flexibility index (Phi) is 4.75. The molecule has 0 spiro atoms. The van der Waals surface area contributed by atoms with E-state index in [0.717, 1.165) is 29.5 Å². The first-order valence-electron chi connectivity index (χ1n) is 7.94. The number of thiazole rings is 1. The zero-order valence-corrected chi connectivity index (χ0v) is 14.7. The van der Waals surface area contributed by atoms with Gasteiger partial charge in [0.25, 0.3) is 5.91 Å². The Morgan fingerprint density at radius 3 is 2.92 bits per heavy atom. The van der Waals surface area contributed by atoms with E-state index >= 15 is 0 Å². The van der Waals surface area contributed by atoms with Crippen LogP contribution in [0, 0.1) is 6.92 Å². The summed E-state index contributed by atoms with van der Waals surface area (Å²) < 4.78 is 1.85. The van der Waals surface area contributed by atoms with Gasteiger partial charge in [-0.15, -0.1) is 0 Å². The van der Waals surface area contributed by atoms with Crippen LogP contribution in [0.5, 0.6) is 0 Å². The minimum atomic E-state index is -0.164. The second kappa shape index (κ2) is 6.96. The van der Waals surface area contributed by atoms with Crippen LogP contribution < -0.4 is 10.6 Å².